The molecule has 1 aliphatic heterocycles. The lowest BCUT2D eigenvalue weighted by Gasteiger charge is -2.23. The van der Waals surface area contributed by atoms with Crippen molar-refractivity contribution in [2.75, 3.05) is 13.1 Å². The number of amides is 1. The Hall–Kier alpha value is -1.65. The average molecular weight is 300 g/mol. The van der Waals surface area contributed by atoms with Crippen molar-refractivity contribution >= 4 is 17.2 Å². The molecule has 2 N–H and O–H groups in total. The molecule has 0 bridgehead atoms. The minimum absolute atomic E-state index is 0.0503. The molecule has 2 aromatic rings. The zero-order valence-electron chi connectivity index (χ0n) is 12.2. The Kier molecular flexibility index (Phi) is 4.36. The van der Waals surface area contributed by atoms with E-state index in [0.717, 1.165) is 41.9 Å². The maximum Gasteiger partial charge on any atom is 0.262 e. The Morgan fingerprint density at radius 1 is 1.29 bits per heavy atom. The molecule has 0 aliphatic carbocycles. The van der Waals surface area contributed by atoms with Crippen LogP contribution in [0.1, 0.15) is 28.1 Å². The van der Waals surface area contributed by atoms with Crippen LogP contribution >= 0.6 is 11.3 Å². The first-order valence-electron chi connectivity index (χ1n) is 7.40. The first-order chi connectivity index (χ1) is 10.2. The van der Waals surface area contributed by atoms with Gasteiger partial charge >= 0.3 is 0 Å². The van der Waals surface area contributed by atoms with Crippen LogP contribution in [0.3, 0.4) is 0 Å². The number of thiophene rings is 1. The first kappa shape index (κ1) is 14.3. The van der Waals surface area contributed by atoms with Gasteiger partial charge in [-0.1, -0.05) is 29.8 Å². The Labute approximate surface area is 129 Å². The van der Waals surface area contributed by atoms with E-state index in [1.54, 1.807) is 0 Å². The maximum atomic E-state index is 12.5. The van der Waals surface area contributed by atoms with Crippen LogP contribution in [0.5, 0.6) is 0 Å². The molecule has 1 saturated heterocycles. The van der Waals surface area contributed by atoms with E-state index in [9.17, 15) is 4.79 Å². The fourth-order valence-corrected chi connectivity index (χ4v) is 3.49. The molecular weight excluding hydrogens is 280 g/mol. The Morgan fingerprint density at radius 2 is 2.10 bits per heavy atom. The zero-order valence-corrected chi connectivity index (χ0v) is 13.0. The standard InChI is InChI=1S/C17H20N2OS/c1-12-4-6-13(7-5-12)15-8-10-21-16(15)17(20)19-14-3-2-9-18-11-14/h4-8,10,14,18H,2-3,9,11H2,1H3,(H,19,20). The predicted octanol–water partition coefficient (Wildman–Crippen LogP) is 3.21. The third kappa shape index (κ3) is 3.34. The highest BCUT2D eigenvalue weighted by atomic mass is 32.1. The minimum Gasteiger partial charge on any atom is -0.347 e. The first-order valence-corrected chi connectivity index (χ1v) is 8.28. The third-order valence-electron chi connectivity index (χ3n) is 3.87. The van der Waals surface area contributed by atoms with Crippen molar-refractivity contribution in [3.8, 4) is 11.1 Å². The zero-order chi connectivity index (χ0) is 14.7. The molecule has 0 radical (unpaired) electrons. The van der Waals surface area contributed by atoms with Crippen molar-refractivity contribution in [2.24, 2.45) is 0 Å². The van der Waals surface area contributed by atoms with E-state index >= 15 is 0 Å². The van der Waals surface area contributed by atoms with E-state index < -0.39 is 0 Å². The monoisotopic (exact) mass is 300 g/mol. The molecule has 1 fully saturated rings. The Morgan fingerprint density at radius 3 is 2.81 bits per heavy atom. The predicted molar refractivity (Wildman–Crippen MR) is 87.8 cm³/mol. The summed E-state index contributed by atoms with van der Waals surface area (Å²) in [5.41, 5.74) is 3.36. The van der Waals surface area contributed by atoms with E-state index in [1.165, 1.54) is 16.9 Å². The van der Waals surface area contributed by atoms with Crippen molar-refractivity contribution in [1.29, 1.82) is 0 Å². The molecule has 1 atom stereocenters. The number of hydrogen-bond donors (Lipinski definition) is 2. The van der Waals surface area contributed by atoms with E-state index in [1.807, 2.05) is 11.4 Å². The van der Waals surface area contributed by atoms with Gasteiger partial charge in [-0.2, -0.15) is 0 Å². The fraction of sp³-hybridized carbons (Fsp3) is 0.353. The second-order valence-electron chi connectivity index (χ2n) is 5.55. The number of benzene rings is 1. The number of rotatable bonds is 3. The smallest absolute Gasteiger partial charge is 0.262 e. The van der Waals surface area contributed by atoms with Crippen molar-refractivity contribution in [1.82, 2.24) is 10.6 Å². The number of carbonyl (C=O) groups excluding carboxylic acids is 1. The van der Waals surface area contributed by atoms with Crippen LogP contribution in [-0.4, -0.2) is 25.0 Å². The summed E-state index contributed by atoms with van der Waals surface area (Å²) in [6, 6.07) is 10.6. The van der Waals surface area contributed by atoms with Gasteiger partial charge in [0.2, 0.25) is 0 Å². The Balaban J connectivity index is 1.78. The van der Waals surface area contributed by atoms with E-state index in [-0.39, 0.29) is 11.9 Å². The van der Waals surface area contributed by atoms with Crippen LogP contribution in [0.2, 0.25) is 0 Å². The highest BCUT2D eigenvalue weighted by molar-refractivity contribution is 7.12. The summed E-state index contributed by atoms with van der Waals surface area (Å²) in [5.74, 6) is 0.0503. The van der Waals surface area contributed by atoms with Gasteiger partial charge in [0.15, 0.2) is 0 Å². The van der Waals surface area contributed by atoms with Gasteiger partial charge in [0.1, 0.15) is 0 Å². The van der Waals surface area contributed by atoms with Crippen LogP contribution in [0.25, 0.3) is 11.1 Å². The quantitative estimate of drug-likeness (QED) is 0.914. The molecular formula is C17H20N2OS. The molecule has 1 aromatic carbocycles. The number of piperidine rings is 1. The van der Waals surface area contributed by atoms with Crippen LogP contribution in [-0.2, 0) is 0 Å². The van der Waals surface area contributed by atoms with Gasteiger partial charge in [-0.15, -0.1) is 11.3 Å². The van der Waals surface area contributed by atoms with E-state index in [0.29, 0.717) is 0 Å². The molecule has 0 saturated carbocycles. The fourth-order valence-electron chi connectivity index (χ4n) is 2.67. The van der Waals surface area contributed by atoms with Crippen LogP contribution in [0.15, 0.2) is 35.7 Å². The van der Waals surface area contributed by atoms with Crippen LogP contribution in [0.4, 0.5) is 0 Å². The number of nitrogens with one attached hydrogen (secondary N) is 2. The summed E-state index contributed by atoms with van der Waals surface area (Å²) in [5, 5.41) is 8.47. The number of carbonyl (C=O) groups is 1. The molecule has 21 heavy (non-hydrogen) atoms. The van der Waals surface area contributed by atoms with Crippen LogP contribution < -0.4 is 10.6 Å². The third-order valence-corrected chi connectivity index (χ3v) is 4.78. The SMILES string of the molecule is Cc1ccc(-c2ccsc2C(=O)NC2CCCNC2)cc1. The molecule has 3 nitrogen and oxygen atoms in total. The molecule has 1 aliphatic rings. The summed E-state index contributed by atoms with van der Waals surface area (Å²) >= 11 is 1.51. The number of aryl methyl sites for hydroxylation is 1. The summed E-state index contributed by atoms with van der Waals surface area (Å²) < 4.78 is 0. The molecule has 110 valence electrons. The summed E-state index contributed by atoms with van der Waals surface area (Å²) in [6.07, 6.45) is 2.18. The molecule has 2 heterocycles. The lowest BCUT2D eigenvalue weighted by Crippen LogP contribution is -2.45. The summed E-state index contributed by atoms with van der Waals surface area (Å²) in [7, 11) is 0. The molecule has 4 heteroatoms. The van der Waals surface area contributed by atoms with Gasteiger partial charge in [-0.3, -0.25) is 4.79 Å². The Bertz CT molecular complexity index is 612. The lowest BCUT2D eigenvalue weighted by molar-refractivity contribution is 0.0935. The van der Waals surface area contributed by atoms with E-state index in [2.05, 4.69) is 41.8 Å². The summed E-state index contributed by atoms with van der Waals surface area (Å²) in [4.78, 5) is 13.3. The van der Waals surface area contributed by atoms with Gasteiger partial charge in [-0.25, -0.2) is 0 Å². The molecule has 1 amide bonds. The largest absolute Gasteiger partial charge is 0.347 e. The molecule has 1 aromatic heterocycles. The topological polar surface area (TPSA) is 41.1 Å². The van der Waals surface area contributed by atoms with Crippen LogP contribution in [0, 0.1) is 6.92 Å². The van der Waals surface area contributed by atoms with Gasteiger partial charge < -0.3 is 10.6 Å². The van der Waals surface area contributed by atoms with Crippen molar-refractivity contribution in [3.63, 3.8) is 0 Å². The number of hydrogen-bond acceptors (Lipinski definition) is 3. The highest BCUT2D eigenvalue weighted by Crippen LogP contribution is 2.28. The highest BCUT2D eigenvalue weighted by Gasteiger charge is 2.19. The van der Waals surface area contributed by atoms with E-state index in [4.69, 9.17) is 0 Å². The van der Waals surface area contributed by atoms with Gasteiger partial charge in [0, 0.05) is 18.2 Å². The lowest BCUT2D eigenvalue weighted by atomic mass is 10.0. The molecule has 3 rings (SSSR count). The van der Waals surface area contributed by atoms with Crippen molar-refractivity contribution < 1.29 is 4.79 Å². The van der Waals surface area contributed by atoms with Crippen molar-refractivity contribution in [2.45, 2.75) is 25.8 Å². The van der Waals surface area contributed by atoms with Gasteiger partial charge in [0.05, 0.1) is 4.88 Å². The second kappa shape index (κ2) is 6.41. The van der Waals surface area contributed by atoms with Crippen molar-refractivity contribution in [3.05, 3.63) is 46.2 Å². The van der Waals surface area contributed by atoms with Gasteiger partial charge in [-0.05, 0) is 43.3 Å². The summed E-state index contributed by atoms with van der Waals surface area (Å²) in [6.45, 7) is 4.00. The van der Waals surface area contributed by atoms with Gasteiger partial charge in [0.25, 0.3) is 5.91 Å². The average Bonchev–Trinajstić information content (AvgIpc) is 2.98. The normalized spacial score (nSPS) is 18.4. The molecule has 0 spiro atoms. The minimum atomic E-state index is 0.0503. The maximum absolute atomic E-state index is 12.5. The molecule has 1 unspecified atom stereocenters. The second-order valence-corrected chi connectivity index (χ2v) is 6.46.